The van der Waals surface area contributed by atoms with Gasteiger partial charge < -0.3 is 10.1 Å². The number of aryl methyl sites for hydroxylation is 1. The highest BCUT2D eigenvalue weighted by Crippen LogP contribution is 2.41. The molecule has 6 heteroatoms. The van der Waals surface area contributed by atoms with E-state index in [0.717, 1.165) is 18.8 Å². The number of amides is 1. The van der Waals surface area contributed by atoms with Gasteiger partial charge in [0.1, 0.15) is 0 Å². The van der Waals surface area contributed by atoms with E-state index in [-0.39, 0.29) is 17.9 Å². The van der Waals surface area contributed by atoms with Crippen LogP contribution in [0.3, 0.4) is 0 Å². The van der Waals surface area contributed by atoms with Crippen LogP contribution in [0, 0.1) is 6.92 Å². The van der Waals surface area contributed by atoms with Crippen molar-refractivity contribution < 1.29 is 9.53 Å². The second-order valence-electron chi connectivity index (χ2n) is 8.00. The monoisotopic (exact) mass is 368 g/mol. The summed E-state index contributed by atoms with van der Waals surface area (Å²) in [5.74, 6) is -0.0326. The highest BCUT2D eigenvalue weighted by molar-refractivity contribution is 5.88. The Balaban J connectivity index is 1.66. The molecule has 1 aromatic heterocycles. The molecule has 144 valence electrons. The van der Waals surface area contributed by atoms with E-state index < -0.39 is 5.60 Å². The Bertz CT molecular complexity index is 814. The topological polar surface area (TPSA) is 59.4 Å². The molecule has 1 amide bonds. The molecular weight excluding hydrogens is 340 g/mol. The number of rotatable bonds is 4. The second-order valence-corrected chi connectivity index (χ2v) is 8.00. The molecule has 0 aliphatic carbocycles. The molecule has 2 saturated heterocycles. The van der Waals surface area contributed by atoms with E-state index in [1.165, 1.54) is 11.1 Å². The number of hydrogen-bond acceptors (Lipinski definition) is 4. The van der Waals surface area contributed by atoms with Crippen molar-refractivity contribution in [1.82, 2.24) is 20.0 Å². The summed E-state index contributed by atoms with van der Waals surface area (Å²) in [6.45, 7) is 9.64. The minimum absolute atomic E-state index is 0.00154. The zero-order chi connectivity index (χ0) is 19.0. The first-order chi connectivity index (χ1) is 13.0. The number of ether oxygens (including phenoxy) is 1. The summed E-state index contributed by atoms with van der Waals surface area (Å²) in [7, 11) is 0. The van der Waals surface area contributed by atoms with Crippen LogP contribution >= 0.6 is 0 Å². The van der Waals surface area contributed by atoms with Crippen LogP contribution in [0.25, 0.3) is 0 Å². The molecule has 2 atom stereocenters. The van der Waals surface area contributed by atoms with Crippen LogP contribution in [0.1, 0.15) is 42.6 Å². The van der Waals surface area contributed by atoms with Gasteiger partial charge in [0.15, 0.2) is 5.60 Å². The van der Waals surface area contributed by atoms with Crippen LogP contribution < -0.4 is 5.32 Å². The first-order valence-corrected chi connectivity index (χ1v) is 9.73. The Hall–Kier alpha value is -2.18. The zero-order valence-corrected chi connectivity index (χ0v) is 16.3. The number of nitrogens with zero attached hydrogens (tertiary/aromatic N) is 3. The predicted molar refractivity (Wildman–Crippen MR) is 104 cm³/mol. The molecule has 6 nitrogen and oxygen atoms in total. The minimum atomic E-state index is -0.838. The Morgan fingerprint density at radius 2 is 2.07 bits per heavy atom. The number of nitrogens with one attached hydrogen (secondary N) is 1. The van der Waals surface area contributed by atoms with Crippen molar-refractivity contribution in [3.05, 3.63) is 53.3 Å². The van der Waals surface area contributed by atoms with Gasteiger partial charge in [-0.1, -0.05) is 29.8 Å². The number of aromatic nitrogens is 2. The summed E-state index contributed by atoms with van der Waals surface area (Å²) < 4.78 is 8.22. The second kappa shape index (κ2) is 7.09. The summed E-state index contributed by atoms with van der Waals surface area (Å²) in [6.07, 6.45) is 1.83. The number of likely N-dealkylation sites (tertiary alicyclic amines) is 1. The third kappa shape index (κ3) is 3.28. The van der Waals surface area contributed by atoms with Crippen molar-refractivity contribution in [2.24, 2.45) is 0 Å². The lowest BCUT2D eigenvalue weighted by molar-refractivity contribution is -0.155. The molecule has 0 radical (unpaired) electrons. The quantitative estimate of drug-likeness (QED) is 0.899. The van der Waals surface area contributed by atoms with Crippen LogP contribution in [0.5, 0.6) is 0 Å². The van der Waals surface area contributed by atoms with E-state index in [0.29, 0.717) is 19.7 Å². The van der Waals surface area contributed by atoms with Crippen molar-refractivity contribution in [3.63, 3.8) is 0 Å². The molecule has 27 heavy (non-hydrogen) atoms. The van der Waals surface area contributed by atoms with Crippen LogP contribution in [-0.2, 0) is 16.1 Å². The number of hydrogen-bond donors (Lipinski definition) is 1. The summed E-state index contributed by atoms with van der Waals surface area (Å²) >= 11 is 0. The number of morpholine rings is 1. The third-order valence-corrected chi connectivity index (χ3v) is 5.67. The van der Waals surface area contributed by atoms with Crippen LogP contribution in [0.4, 0.5) is 0 Å². The van der Waals surface area contributed by atoms with Gasteiger partial charge in [-0.25, -0.2) is 0 Å². The van der Waals surface area contributed by atoms with Gasteiger partial charge in [-0.2, -0.15) is 5.10 Å². The van der Waals surface area contributed by atoms with Crippen molar-refractivity contribution in [2.45, 2.75) is 44.9 Å². The van der Waals surface area contributed by atoms with Gasteiger partial charge in [0.25, 0.3) is 5.91 Å². The van der Waals surface area contributed by atoms with Gasteiger partial charge in [0.2, 0.25) is 0 Å². The molecule has 2 aliphatic heterocycles. The van der Waals surface area contributed by atoms with Crippen LogP contribution in [0.2, 0.25) is 0 Å². The van der Waals surface area contributed by atoms with Crippen molar-refractivity contribution in [3.8, 4) is 0 Å². The normalized spacial score (nSPS) is 26.1. The number of benzene rings is 1. The number of carbonyl (C=O) groups is 1. The molecule has 1 spiro atoms. The summed E-state index contributed by atoms with van der Waals surface area (Å²) in [5.41, 5.74) is 2.75. The Labute approximate surface area is 160 Å². The van der Waals surface area contributed by atoms with E-state index in [4.69, 9.17) is 4.74 Å². The molecule has 1 N–H and O–H groups in total. The van der Waals surface area contributed by atoms with Gasteiger partial charge in [-0.3, -0.25) is 14.4 Å². The maximum absolute atomic E-state index is 13.0. The summed E-state index contributed by atoms with van der Waals surface area (Å²) in [6, 6.07) is 10.9. The lowest BCUT2D eigenvalue weighted by Gasteiger charge is -2.37. The molecule has 3 heterocycles. The Kier molecular flexibility index (Phi) is 4.78. The van der Waals surface area contributed by atoms with E-state index >= 15 is 0 Å². The summed E-state index contributed by atoms with van der Waals surface area (Å²) in [5, 5.41) is 7.52. The molecule has 0 unspecified atom stereocenters. The molecule has 2 aliphatic rings. The lowest BCUT2D eigenvalue weighted by atomic mass is 9.86. The van der Waals surface area contributed by atoms with E-state index in [1.807, 2.05) is 16.9 Å². The highest BCUT2D eigenvalue weighted by Gasteiger charge is 2.56. The number of carbonyl (C=O) groups excluding carboxylic acids is 1. The molecule has 0 saturated carbocycles. The molecular formula is C21H28N4O2. The van der Waals surface area contributed by atoms with Crippen LogP contribution in [-0.4, -0.2) is 52.4 Å². The van der Waals surface area contributed by atoms with Crippen molar-refractivity contribution in [1.29, 1.82) is 0 Å². The lowest BCUT2D eigenvalue weighted by Crippen LogP contribution is -2.59. The predicted octanol–water partition coefficient (Wildman–Crippen LogP) is 2.26. The third-order valence-electron chi connectivity index (χ3n) is 5.67. The Morgan fingerprint density at radius 1 is 1.30 bits per heavy atom. The van der Waals surface area contributed by atoms with Gasteiger partial charge in [-0.15, -0.1) is 0 Å². The van der Waals surface area contributed by atoms with E-state index in [2.05, 4.69) is 60.4 Å². The minimum Gasteiger partial charge on any atom is -0.361 e. The molecule has 0 bridgehead atoms. The highest BCUT2D eigenvalue weighted by atomic mass is 16.5. The maximum Gasteiger partial charge on any atom is 0.254 e. The fraction of sp³-hybridized carbons (Fsp3) is 0.524. The van der Waals surface area contributed by atoms with E-state index in [9.17, 15) is 4.79 Å². The SMILES string of the molecule is Cc1ccc(CN2C[C@@H](c3ccnn3C(C)C)[C@@]3(C2)OCCNC3=O)cc1. The van der Waals surface area contributed by atoms with Crippen LogP contribution in [0.15, 0.2) is 36.5 Å². The smallest absolute Gasteiger partial charge is 0.254 e. The maximum atomic E-state index is 13.0. The zero-order valence-electron chi connectivity index (χ0n) is 16.3. The molecule has 1 aromatic carbocycles. The average molecular weight is 368 g/mol. The fourth-order valence-corrected chi connectivity index (χ4v) is 4.34. The standard InChI is InChI=1S/C21H28N4O2/c1-15(2)25-19(8-9-23-25)18-13-24(12-17-6-4-16(3)5-7-17)14-21(18)20(26)22-10-11-27-21/h4-9,15,18H,10-14H2,1-3H3,(H,22,26)/t18-,21+/m0/s1. The molecule has 2 aromatic rings. The van der Waals surface area contributed by atoms with Crippen molar-refractivity contribution >= 4 is 5.91 Å². The van der Waals surface area contributed by atoms with E-state index in [1.54, 1.807) is 0 Å². The fourth-order valence-electron chi connectivity index (χ4n) is 4.34. The average Bonchev–Trinajstić information content (AvgIpc) is 3.25. The first kappa shape index (κ1) is 18.2. The van der Waals surface area contributed by atoms with Gasteiger partial charge in [0, 0.05) is 44.1 Å². The molecule has 4 rings (SSSR count). The summed E-state index contributed by atoms with van der Waals surface area (Å²) in [4.78, 5) is 15.3. The van der Waals surface area contributed by atoms with Gasteiger partial charge in [0.05, 0.1) is 12.5 Å². The largest absolute Gasteiger partial charge is 0.361 e. The van der Waals surface area contributed by atoms with Gasteiger partial charge in [-0.05, 0) is 32.4 Å². The Morgan fingerprint density at radius 3 is 2.78 bits per heavy atom. The molecule has 2 fully saturated rings. The first-order valence-electron chi connectivity index (χ1n) is 9.73. The van der Waals surface area contributed by atoms with Crippen molar-refractivity contribution in [2.75, 3.05) is 26.2 Å². The van der Waals surface area contributed by atoms with Gasteiger partial charge >= 0.3 is 0 Å².